The average Bonchev–Trinajstić information content (AvgIpc) is 2.65. The molecule has 0 atom stereocenters. The van der Waals surface area contributed by atoms with Crippen LogP contribution in [0.25, 0.3) is 23.1 Å². The summed E-state index contributed by atoms with van der Waals surface area (Å²) in [6, 6.07) is 13.9. The SMILES string of the molecule is Cc1ccc2nc(/C=C/c3ccc(Cl)cc3)nc(NCCCCN)c2c1.Cl.Cl.Cl. The molecule has 2 aromatic carbocycles. The molecule has 0 bridgehead atoms. The van der Waals surface area contributed by atoms with E-state index in [1.54, 1.807) is 0 Å². The number of aromatic nitrogens is 2. The highest BCUT2D eigenvalue weighted by Gasteiger charge is 2.06. The van der Waals surface area contributed by atoms with Gasteiger partial charge in [-0.3, -0.25) is 0 Å². The van der Waals surface area contributed by atoms with Gasteiger partial charge in [-0.05, 0) is 62.2 Å². The van der Waals surface area contributed by atoms with Crippen molar-refractivity contribution in [3.63, 3.8) is 0 Å². The molecule has 0 aliphatic heterocycles. The molecule has 3 rings (SSSR count). The Hall–Kier alpha value is -1.56. The smallest absolute Gasteiger partial charge is 0.154 e. The zero-order valence-electron chi connectivity index (χ0n) is 16.1. The highest BCUT2D eigenvalue weighted by atomic mass is 35.5. The number of fused-ring (bicyclic) bond motifs is 1. The number of benzene rings is 2. The Labute approximate surface area is 195 Å². The van der Waals surface area contributed by atoms with E-state index < -0.39 is 0 Å². The van der Waals surface area contributed by atoms with E-state index in [-0.39, 0.29) is 37.2 Å². The van der Waals surface area contributed by atoms with Gasteiger partial charge in [0, 0.05) is 17.0 Å². The molecule has 0 aliphatic carbocycles. The molecule has 1 aromatic heterocycles. The van der Waals surface area contributed by atoms with E-state index in [1.807, 2.05) is 42.5 Å². The minimum absolute atomic E-state index is 0. The van der Waals surface area contributed by atoms with Gasteiger partial charge in [0.25, 0.3) is 0 Å². The fourth-order valence-corrected chi connectivity index (χ4v) is 2.82. The Balaban J connectivity index is 0.00000261. The van der Waals surface area contributed by atoms with Crippen molar-refractivity contribution in [3.8, 4) is 0 Å². The second-order valence-electron chi connectivity index (χ2n) is 6.26. The lowest BCUT2D eigenvalue weighted by molar-refractivity contribution is 0.772. The molecule has 4 nitrogen and oxygen atoms in total. The van der Waals surface area contributed by atoms with Crippen LogP contribution < -0.4 is 11.1 Å². The highest BCUT2D eigenvalue weighted by Crippen LogP contribution is 2.23. The molecule has 3 aromatic rings. The maximum absolute atomic E-state index is 5.93. The Kier molecular flexibility index (Phi) is 12.9. The van der Waals surface area contributed by atoms with E-state index in [1.165, 1.54) is 5.56 Å². The van der Waals surface area contributed by atoms with Crippen molar-refractivity contribution in [1.82, 2.24) is 9.97 Å². The van der Waals surface area contributed by atoms with Gasteiger partial charge in [-0.15, -0.1) is 37.2 Å². The molecule has 1 heterocycles. The number of nitrogens with two attached hydrogens (primary N) is 1. The Morgan fingerprint density at radius 2 is 1.69 bits per heavy atom. The molecule has 0 saturated carbocycles. The first kappa shape index (κ1) is 27.4. The number of unbranched alkanes of at least 4 members (excludes halogenated alkanes) is 1. The third-order valence-corrected chi connectivity index (χ3v) is 4.34. The monoisotopic (exact) mass is 474 g/mol. The van der Waals surface area contributed by atoms with E-state index in [4.69, 9.17) is 22.3 Å². The summed E-state index contributed by atoms with van der Waals surface area (Å²) in [6.07, 6.45) is 5.93. The standard InChI is InChI=1S/C21H23ClN4.3ClH/c1-15-4-10-19-18(14-15)21(24-13-3-2-12-23)26-20(25-19)11-7-16-5-8-17(22)9-6-16;;;/h4-11,14H,2-3,12-13,23H2,1H3,(H,24,25,26);3*1H/b11-7+;;;. The minimum Gasteiger partial charge on any atom is -0.369 e. The van der Waals surface area contributed by atoms with Crippen LogP contribution in [0.3, 0.4) is 0 Å². The molecule has 0 spiro atoms. The zero-order chi connectivity index (χ0) is 18.4. The van der Waals surface area contributed by atoms with Crippen molar-refractivity contribution < 1.29 is 0 Å². The normalized spacial score (nSPS) is 10.2. The van der Waals surface area contributed by atoms with Crippen molar-refractivity contribution in [2.45, 2.75) is 19.8 Å². The molecule has 0 fully saturated rings. The molecule has 0 unspecified atom stereocenters. The topological polar surface area (TPSA) is 63.8 Å². The summed E-state index contributed by atoms with van der Waals surface area (Å²) >= 11 is 5.93. The number of anilines is 1. The summed E-state index contributed by atoms with van der Waals surface area (Å²) in [7, 11) is 0. The number of hydrogen-bond acceptors (Lipinski definition) is 4. The fraction of sp³-hybridized carbons (Fsp3) is 0.238. The van der Waals surface area contributed by atoms with Crippen molar-refractivity contribution in [2.75, 3.05) is 18.4 Å². The van der Waals surface area contributed by atoms with Crippen LogP contribution in [0, 0.1) is 6.92 Å². The first-order valence-electron chi connectivity index (χ1n) is 8.82. The number of aryl methyl sites for hydroxylation is 1. The predicted octanol–water partition coefficient (Wildman–Crippen LogP) is 6.18. The number of halogens is 4. The van der Waals surface area contributed by atoms with Gasteiger partial charge in [0.2, 0.25) is 0 Å². The van der Waals surface area contributed by atoms with Gasteiger partial charge in [0.1, 0.15) is 5.82 Å². The van der Waals surface area contributed by atoms with Gasteiger partial charge in [-0.25, -0.2) is 9.97 Å². The number of rotatable bonds is 7. The number of nitrogens with zero attached hydrogens (tertiary/aromatic N) is 2. The molecule has 8 heteroatoms. The second-order valence-corrected chi connectivity index (χ2v) is 6.69. The van der Waals surface area contributed by atoms with Crippen LogP contribution in [-0.2, 0) is 0 Å². The third-order valence-electron chi connectivity index (χ3n) is 4.09. The van der Waals surface area contributed by atoms with Gasteiger partial charge in [-0.1, -0.05) is 41.4 Å². The van der Waals surface area contributed by atoms with Gasteiger partial charge < -0.3 is 11.1 Å². The summed E-state index contributed by atoms with van der Waals surface area (Å²) in [5.74, 6) is 1.55. The van der Waals surface area contributed by atoms with E-state index in [2.05, 4.69) is 29.4 Å². The first-order valence-corrected chi connectivity index (χ1v) is 9.19. The van der Waals surface area contributed by atoms with Crippen molar-refractivity contribution in [1.29, 1.82) is 0 Å². The van der Waals surface area contributed by atoms with Crippen LogP contribution in [-0.4, -0.2) is 23.1 Å². The summed E-state index contributed by atoms with van der Waals surface area (Å²) in [4.78, 5) is 9.38. The molecular weight excluding hydrogens is 450 g/mol. The lowest BCUT2D eigenvalue weighted by atomic mass is 10.1. The van der Waals surface area contributed by atoms with E-state index in [0.29, 0.717) is 12.4 Å². The fourth-order valence-electron chi connectivity index (χ4n) is 2.69. The average molecular weight is 476 g/mol. The molecule has 0 aliphatic rings. The summed E-state index contributed by atoms with van der Waals surface area (Å²) in [5, 5.41) is 5.21. The van der Waals surface area contributed by atoms with Gasteiger partial charge in [0.05, 0.1) is 5.52 Å². The van der Waals surface area contributed by atoms with Crippen LogP contribution in [0.4, 0.5) is 5.82 Å². The number of hydrogen-bond donors (Lipinski definition) is 2. The molecule has 29 heavy (non-hydrogen) atoms. The van der Waals surface area contributed by atoms with E-state index >= 15 is 0 Å². The molecular formula is C21H26Cl4N4. The Morgan fingerprint density at radius 3 is 2.38 bits per heavy atom. The molecule has 0 saturated heterocycles. The maximum atomic E-state index is 5.93. The van der Waals surface area contributed by atoms with Crippen molar-refractivity contribution in [2.24, 2.45) is 5.73 Å². The third kappa shape index (κ3) is 8.00. The van der Waals surface area contributed by atoms with Gasteiger partial charge >= 0.3 is 0 Å². The molecule has 3 N–H and O–H groups in total. The Bertz CT molecular complexity index is 914. The summed E-state index contributed by atoms with van der Waals surface area (Å²) in [6.45, 7) is 3.63. The minimum atomic E-state index is 0. The lowest BCUT2D eigenvalue weighted by Gasteiger charge is -2.10. The van der Waals surface area contributed by atoms with Crippen LogP contribution in [0.1, 0.15) is 29.8 Å². The number of nitrogens with one attached hydrogen (secondary N) is 1. The molecule has 0 radical (unpaired) electrons. The predicted molar refractivity (Wildman–Crippen MR) is 133 cm³/mol. The van der Waals surface area contributed by atoms with Crippen LogP contribution in [0.2, 0.25) is 5.02 Å². The largest absolute Gasteiger partial charge is 0.369 e. The Morgan fingerprint density at radius 1 is 0.966 bits per heavy atom. The van der Waals surface area contributed by atoms with Crippen molar-refractivity contribution in [3.05, 3.63) is 64.4 Å². The van der Waals surface area contributed by atoms with Crippen LogP contribution in [0.5, 0.6) is 0 Å². The van der Waals surface area contributed by atoms with Crippen molar-refractivity contribution >= 4 is 77.7 Å². The van der Waals surface area contributed by atoms with Gasteiger partial charge in [-0.2, -0.15) is 0 Å². The van der Waals surface area contributed by atoms with Crippen LogP contribution >= 0.6 is 48.8 Å². The highest BCUT2D eigenvalue weighted by molar-refractivity contribution is 6.30. The second kappa shape index (κ2) is 13.6. The van der Waals surface area contributed by atoms with E-state index in [0.717, 1.165) is 46.7 Å². The summed E-state index contributed by atoms with van der Waals surface area (Å²) < 4.78 is 0. The quantitative estimate of drug-likeness (QED) is 0.400. The molecule has 158 valence electrons. The summed E-state index contributed by atoms with van der Waals surface area (Å²) in [5.41, 5.74) is 8.75. The molecule has 0 amide bonds. The lowest BCUT2D eigenvalue weighted by Crippen LogP contribution is -2.08. The maximum Gasteiger partial charge on any atom is 0.154 e. The first-order chi connectivity index (χ1) is 12.7. The van der Waals surface area contributed by atoms with E-state index in [9.17, 15) is 0 Å². The van der Waals surface area contributed by atoms with Gasteiger partial charge in [0.15, 0.2) is 5.82 Å². The van der Waals surface area contributed by atoms with Crippen LogP contribution in [0.15, 0.2) is 42.5 Å². The zero-order valence-corrected chi connectivity index (χ0v) is 19.3.